The van der Waals surface area contributed by atoms with Gasteiger partial charge in [0.2, 0.25) is 0 Å². The van der Waals surface area contributed by atoms with Gasteiger partial charge in [0, 0.05) is 27.6 Å². The Morgan fingerprint density at radius 3 is 2.88 bits per heavy atom. The van der Waals surface area contributed by atoms with Crippen LogP contribution in [0.5, 0.6) is 0 Å². The maximum Gasteiger partial charge on any atom is 0.407 e. The molecule has 10 nitrogen and oxygen atoms in total. The van der Waals surface area contributed by atoms with E-state index in [4.69, 9.17) is 9.84 Å². The number of fused-ring (bicyclic) bond motifs is 5. The van der Waals surface area contributed by atoms with Crippen LogP contribution in [0.15, 0.2) is 51.3 Å². The molecule has 170 valence electrons. The molecule has 2 aliphatic rings. The number of aromatic amines is 1. The largest absolute Gasteiger partial charge is 0.480 e. The number of hydrogen-bond acceptors (Lipinski definition) is 7. The van der Waals surface area contributed by atoms with Crippen LogP contribution in [0.3, 0.4) is 0 Å². The van der Waals surface area contributed by atoms with Crippen LogP contribution in [0, 0.1) is 6.92 Å². The molecule has 11 heteroatoms. The number of aryl methyl sites for hydroxylation is 1. The molecule has 2 atom stereocenters. The van der Waals surface area contributed by atoms with Gasteiger partial charge in [-0.1, -0.05) is 40.8 Å². The topological polar surface area (TPSA) is 131 Å². The van der Waals surface area contributed by atoms with Gasteiger partial charge in [0.25, 0.3) is 0 Å². The van der Waals surface area contributed by atoms with Crippen LogP contribution in [-0.2, 0) is 15.2 Å². The Kier molecular flexibility index (Phi) is 5.00. The lowest BCUT2D eigenvalue weighted by Crippen LogP contribution is -2.51. The van der Waals surface area contributed by atoms with Crippen LogP contribution >= 0.6 is 15.9 Å². The number of aromatic nitrogens is 1. The van der Waals surface area contributed by atoms with Gasteiger partial charge >= 0.3 is 12.1 Å². The zero-order valence-corrected chi connectivity index (χ0v) is 19.4. The number of benzene rings is 2. The van der Waals surface area contributed by atoms with Crippen LogP contribution in [0.1, 0.15) is 23.6 Å². The number of alkyl carbamates (subject to hydrolysis) is 1. The van der Waals surface area contributed by atoms with E-state index in [0.717, 1.165) is 43.3 Å². The number of nitrogens with zero attached hydrogens (tertiary/aromatic N) is 3. The molecule has 2 bridgehead atoms. The quantitative estimate of drug-likeness (QED) is 0.411. The highest BCUT2D eigenvalue weighted by Gasteiger charge is 2.49. The van der Waals surface area contributed by atoms with Crippen molar-refractivity contribution in [2.75, 3.05) is 13.2 Å². The lowest BCUT2D eigenvalue weighted by molar-refractivity contribution is -0.138. The molecule has 0 fully saturated rings. The predicted molar refractivity (Wildman–Crippen MR) is 123 cm³/mol. The molecule has 33 heavy (non-hydrogen) atoms. The minimum absolute atomic E-state index is 0.0173. The van der Waals surface area contributed by atoms with E-state index in [1.54, 1.807) is 5.01 Å². The molecule has 1 spiro atoms. The number of carboxylic acid groups (broad SMARTS) is 1. The van der Waals surface area contributed by atoms with Gasteiger partial charge in [-0.2, -0.15) is 0 Å². The Hall–Kier alpha value is -3.60. The van der Waals surface area contributed by atoms with E-state index in [9.17, 15) is 9.59 Å². The van der Waals surface area contributed by atoms with Crippen molar-refractivity contribution in [3.05, 3.63) is 57.6 Å². The second kappa shape index (κ2) is 7.77. The van der Waals surface area contributed by atoms with E-state index >= 15 is 0 Å². The number of carbonyl (C=O) groups excluding carboxylic acids is 1. The fourth-order valence-corrected chi connectivity index (χ4v) is 5.26. The number of hydrogen-bond donors (Lipinski definition) is 4. The van der Waals surface area contributed by atoms with E-state index in [-0.39, 0.29) is 13.2 Å². The summed E-state index contributed by atoms with van der Waals surface area (Å²) in [5, 5.41) is 22.5. The van der Waals surface area contributed by atoms with E-state index < -0.39 is 23.8 Å². The third-order valence-corrected chi connectivity index (χ3v) is 6.85. The number of halogens is 1. The number of carboxylic acids is 1. The van der Waals surface area contributed by atoms with Crippen LogP contribution < -0.4 is 10.7 Å². The SMILES string of the molecule is Cc1ccc2[nH]c3c(Br)c2c1C1(NN=NN1CCOC(=O)N[C@@H](C)C(=O)O)c1ccccc1-3. The van der Waals surface area contributed by atoms with Crippen LogP contribution in [0.2, 0.25) is 0 Å². The third kappa shape index (κ3) is 3.14. The average Bonchev–Trinajstić information content (AvgIpc) is 3.33. The van der Waals surface area contributed by atoms with E-state index in [1.807, 2.05) is 31.2 Å². The first kappa shape index (κ1) is 21.3. The first-order chi connectivity index (χ1) is 15.8. The molecular weight excluding hydrogens is 492 g/mol. The predicted octanol–water partition coefficient (Wildman–Crippen LogP) is 3.81. The normalized spacial score (nSPS) is 18.8. The Morgan fingerprint density at radius 2 is 2.09 bits per heavy atom. The number of amides is 1. The fourth-order valence-electron chi connectivity index (χ4n) is 4.53. The molecule has 1 aliphatic carbocycles. The van der Waals surface area contributed by atoms with Crippen molar-refractivity contribution in [1.82, 2.24) is 20.7 Å². The van der Waals surface area contributed by atoms with Crippen molar-refractivity contribution in [1.29, 1.82) is 0 Å². The summed E-state index contributed by atoms with van der Waals surface area (Å²) in [6, 6.07) is 11.1. The Morgan fingerprint density at radius 1 is 1.30 bits per heavy atom. The van der Waals surface area contributed by atoms with Crippen molar-refractivity contribution >= 4 is 38.9 Å². The minimum Gasteiger partial charge on any atom is -0.480 e. The highest BCUT2D eigenvalue weighted by Crippen LogP contribution is 2.52. The summed E-state index contributed by atoms with van der Waals surface area (Å²) in [5.74, 6) is -1.14. The van der Waals surface area contributed by atoms with Crippen molar-refractivity contribution in [3.63, 3.8) is 0 Å². The first-order valence-corrected chi connectivity index (χ1v) is 11.2. The maximum absolute atomic E-state index is 12.0. The standard InChI is InChI=1S/C22H21BrN6O4/c1-11-7-8-15-16-17(11)22(14-6-4-3-5-13(14)19(25-15)18(16)23)26-27-28-29(22)9-10-33-21(32)24-12(2)20(30)31/h3-8,12,25H,9-10H2,1-2H3,(H,24,32)(H,26,28)(H,30,31)/t12-,22?/m0/s1. The molecule has 4 N–H and O–H groups in total. The van der Waals surface area contributed by atoms with E-state index in [0.29, 0.717) is 0 Å². The molecule has 1 unspecified atom stereocenters. The molecule has 2 heterocycles. The molecule has 2 aromatic carbocycles. The van der Waals surface area contributed by atoms with Crippen LogP contribution in [0.25, 0.3) is 22.2 Å². The zero-order chi connectivity index (χ0) is 23.3. The lowest BCUT2D eigenvalue weighted by atomic mass is 9.84. The van der Waals surface area contributed by atoms with Gasteiger partial charge in [0.1, 0.15) is 12.6 Å². The fraction of sp³-hybridized carbons (Fsp3) is 0.273. The summed E-state index contributed by atoms with van der Waals surface area (Å²) >= 11 is 3.80. The summed E-state index contributed by atoms with van der Waals surface area (Å²) in [6.45, 7) is 3.62. The van der Waals surface area contributed by atoms with E-state index in [2.05, 4.69) is 54.2 Å². The van der Waals surface area contributed by atoms with Gasteiger partial charge < -0.3 is 20.1 Å². The van der Waals surface area contributed by atoms with Crippen molar-refractivity contribution < 1.29 is 19.4 Å². The third-order valence-electron chi connectivity index (χ3n) is 6.05. The molecule has 0 radical (unpaired) electrons. The van der Waals surface area contributed by atoms with Gasteiger partial charge in [0.15, 0.2) is 5.66 Å². The zero-order valence-electron chi connectivity index (χ0n) is 17.8. The van der Waals surface area contributed by atoms with E-state index in [1.165, 1.54) is 6.92 Å². The number of nitrogens with one attached hydrogen (secondary N) is 3. The minimum atomic E-state index is -1.14. The second-order valence-corrected chi connectivity index (χ2v) is 8.81. The Labute approximate surface area is 197 Å². The number of ether oxygens (including phenoxy) is 1. The molecular formula is C22H21BrN6O4. The summed E-state index contributed by atoms with van der Waals surface area (Å²) in [6.07, 6.45) is -0.805. The summed E-state index contributed by atoms with van der Waals surface area (Å²) in [5.41, 5.74) is 8.27. The molecule has 3 aromatic rings. The number of aliphatic carboxylic acids is 1. The van der Waals surface area contributed by atoms with Crippen molar-refractivity contribution in [2.45, 2.75) is 25.6 Å². The lowest BCUT2D eigenvalue weighted by Gasteiger charge is -2.38. The van der Waals surface area contributed by atoms with Gasteiger partial charge in [-0.15, -0.1) is 0 Å². The van der Waals surface area contributed by atoms with Crippen molar-refractivity contribution in [2.24, 2.45) is 10.4 Å². The Bertz CT molecular complexity index is 1320. The highest BCUT2D eigenvalue weighted by molar-refractivity contribution is 9.10. The number of H-pyrrole nitrogens is 1. The first-order valence-electron chi connectivity index (χ1n) is 10.4. The molecule has 1 aliphatic heterocycles. The van der Waals surface area contributed by atoms with Crippen LogP contribution in [0.4, 0.5) is 4.79 Å². The smallest absolute Gasteiger partial charge is 0.407 e. The summed E-state index contributed by atoms with van der Waals surface area (Å²) < 4.78 is 6.20. The summed E-state index contributed by atoms with van der Waals surface area (Å²) in [4.78, 5) is 26.5. The van der Waals surface area contributed by atoms with Crippen molar-refractivity contribution in [3.8, 4) is 11.3 Å². The Balaban J connectivity index is 1.54. The molecule has 0 saturated carbocycles. The molecule has 1 amide bonds. The van der Waals surface area contributed by atoms with Gasteiger partial charge in [-0.05, 0) is 41.4 Å². The molecule has 5 rings (SSSR count). The van der Waals surface area contributed by atoms with Crippen LogP contribution in [-0.4, -0.2) is 46.4 Å². The number of carbonyl (C=O) groups is 2. The summed E-state index contributed by atoms with van der Waals surface area (Å²) in [7, 11) is 0. The van der Waals surface area contributed by atoms with Gasteiger partial charge in [-0.3, -0.25) is 10.2 Å². The average molecular weight is 513 g/mol. The maximum atomic E-state index is 12.0. The molecule has 1 aromatic heterocycles. The second-order valence-electron chi connectivity index (χ2n) is 8.01. The number of rotatable bonds is 5. The van der Waals surface area contributed by atoms with Gasteiger partial charge in [0.05, 0.1) is 16.7 Å². The van der Waals surface area contributed by atoms with Gasteiger partial charge in [-0.25, -0.2) is 9.80 Å². The monoisotopic (exact) mass is 512 g/mol. The molecule has 0 saturated heterocycles. The highest BCUT2D eigenvalue weighted by atomic mass is 79.9.